The molecule has 0 bridgehead atoms. The van der Waals surface area contributed by atoms with Crippen LogP contribution in [-0.4, -0.2) is 45.4 Å². The lowest BCUT2D eigenvalue weighted by Gasteiger charge is -2.08. The third-order valence-corrected chi connectivity index (χ3v) is 1.90. The molecule has 0 amide bonds. The fourth-order valence-corrected chi connectivity index (χ4v) is 1.28. The van der Waals surface area contributed by atoms with Crippen LogP contribution in [0, 0.1) is 0 Å². The highest BCUT2D eigenvalue weighted by Crippen LogP contribution is 2.11. The van der Waals surface area contributed by atoms with E-state index in [1.165, 1.54) is 7.11 Å². The molecule has 1 unspecified atom stereocenters. The van der Waals surface area contributed by atoms with Crippen molar-refractivity contribution in [3.8, 4) is 0 Å². The van der Waals surface area contributed by atoms with Gasteiger partial charge < -0.3 is 14.2 Å². The molecule has 0 aromatic heterocycles. The zero-order chi connectivity index (χ0) is 9.52. The van der Waals surface area contributed by atoms with E-state index >= 15 is 0 Å². The van der Waals surface area contributed by atoms with E-state index in [-0.39, 0.29) is 25.1 Å². The first kappa shape index (κ1) is 10.6. The molecule has 0 aromatic rings. The molecule has 0 saturated carbocycles. The van der Waals surface area contributed by atoms with Crippen molar-refractivity contribution in [2.75, 3.05) is 33.5 Å². The number of carbonyl (C=O) groups excluding carboxylic acids is 1. The monoisotopic (exact) mass is 188 g/mol. The van der Waals surface area contributed by atoms with Crippen LogP contribution in [0.15, 0.2) is 0 Å². The highest BCUT2D eigenvalue weighted by molar-refractivity contribution is 5.80. The van der Waals surface area contributed by atoms with Crippen molar-refractivity contribution >= 4 is 5.78 Å². The van der Waals surface area contributed by atoms with Crippen molar-refractivity contribution in [1.82, 2.24) is 0 Å². The van der Waals surface area contributed by atoms with Gasteiger partial charge in [-0.25, -0.2) is 0 Å². The van der Waals surface area contributed by atoms with E-state index in [4.69, 9.17) is 9.47 Å². The predicted octanol–water partition coefficient (Wildman–Crippen LogP) is 0.397. The Morgan fingerprint density at radius 1 is 1.54 bits per heavy atom. The van der Waals surface area contributed by atoms with E-state index in [0.717, 1.165) is 19.4 Å². The van der Waals surface area contributed by atoms with E-state index in [1.54, 1.807) is 0 Å². The number of ketones is 1. The zero-order valence-corrected chi connectivity index (χ0v) is 7.95. The van der Waals surface area contributed by atoms with Gasteiger partial charge in [-0.3, -0.25) is 4.79 Å². The molecule has 4 nitrogen and oxygen atoms in total. The highest BCUT2D eigenvalue weighted by atomic mass is 16.5. The maximum absolute atomic E-state index is 10.9. The van der Waals surface area contributed by atoms with E-state index in [2.05, 4.69) is 4.74 Å². The molecular weight excluding hydrogens is 172 g/mol. The minimum Gasteiger partial charge on any atom is -0.377 e. The highest BCUT2D eigenvalue weighted by Gasteiger charge is 2.15. The Balaban J connectivity index is 1.96. The third kappa shape index (κ3) is 4.36. The Labute approximate surface area is 78.2 Å². The number of ether oxygens (including phenoxy) is 3. The summed E-state index contributed by atoms with van der Waals surface area (Å²) in [6, 6.07) is 0. The van der Waals surface area contributed by atoms with Crippen LogP contribution in [-0.2, 0) is 19.0 Å². The van der Waals surface area contributed by atoms with E-state index in [1.807, 2.05) is 0 Å². The Morgan fingerprint density at radius 3 is 3.00 bits per heavy atom. The van der Waals surface area contributed by atoms with Crippen molar-refractivity contribution < 1.29 is 19.0 Å². The third-order valence-electron chi connectivity index (χ3n) is 1.90. The molecule has 0 aromatic carbocycles. The molecule has 1 rings (SSSR count). The molecule has 1 fully saturated rings. The number of rotatable bonds is 6. The average Bonchev–Trinajstić information content (AvgIpc) is 2.57. The van der Waals surface area contributed by atoms with Crippen molar-refractivity contribution in [2.45, 2.75) is 18.9 Å². The smallest absolute Gasteiger partial charge is 0.183 e. The van der Waals surface area contributed by atoms with E-state index in [0.29, 0.717) is 6.61 Å². The van der Waals surface area contributed by atoms with Gasteiger partial charge in [-0.2, -0.15) is 0 Å². The minimum absolute atomic E-state index is 0.0273. The Morgan fingerprint density at radius 2 is 2.38 bits per heavy atom. The molecule has 76 valence electrons. The molecule has 4 heteroatoms. The molecule has 0 spiro atoms. The summed E-state index contributed by atoms with van der Waals surface area (Å²) in [5.74, 6) is -0.0273. The Hall–Kier alpha value is -0.450. The number of hydrogen-bond donors (Lipinski definition) is 0. The topological polar surface area (TPSA) is 44.8 Å². The summed E-state index contributed by atoms with van der Waals surface area (Å²) in [5, 5.41) is 0. The fraction of sp³-hybridized carbons (Fsp3) is 0.889. The maximum atomic E-state index is 10.9. The Bertz CT molecular complexity index is 152. The quantitative estimate of drug-likeness (QED) is 0.605. The van der Waals surface area contributed by atoms with Gasteiger partial charge in [-0.05, 0) is 12.8 Å². The first-order chi connectivity index (χ1) is 6.33. The lowest BCUT2D eigenvalue weighted by atomic mass is 10.2. The molecule has 13 heavy (non-hydrogen) atoms. The van der Waals surface area contributed by atoms with Crippen LogP contribution in [0.3, 0.4) is 0 Å². The van der Waals surface area contributed by atoms with Gasteiger partial charge in [-0.15, -0.1) is 0 Å². The van der Waals surface area contributed by atoms with Crippen LogP contribution in [0.25, 0.3) is 0 Å². The van der Waals surface area contributed by atoms with Gasteiger partial charge >= 0.3 is 0 Å². The van der Waals surface area contributed by atoms with Gasteiger partial charge in [0.25, 0.3) is 0 Å². The van der Waals surface area contributed by atoms with Crippen molar-refractivity contribution in [1.29, 1.82) is 0 Å². The summed E-state index contributed by atoms with van der Waals surface area (Å²) in [6.45, 7) is 1.61. The second kappa shape index (κ2) is 6.07. The number of Topliss-reactive ketones (excluding diaryl/α,β-unsaturated/α-hetero) is 1. The molecule has 1 aliphatic rings. The van der Waals surface area contributed by atoms with Crippen LogP contribution in [0.2, 0.25) is 0 Å². The molecule has 0 aliphatic carbocycles. The molecule has 0 N–H and O–H groups in total. The van der Waals surface area contributed by atoms with Gasteiger partial charge in [-0.1, -0.05) is 0 Å². The van der Waals surface area contributed by atoms with Gasteiger partial charge in [0.1, 0.15) is 13.2 Å². The molecule has 1 saturated heterocycles. The van der Waals surface area contributed by atoms with Gasteiger partial charge in [0.2, 0.25) is 0 Å². The summed E-state index contributed by atoms with van der Waals surface area (Å²) >= 11 is 0. The standard InChI is InChI=1S/C9H16O4/c1-11-5-8(10)6-12-7-9-3-2-4-13-9/h9H,2-7H2,1H3. The molecule has 1 heterocycles. The van der Waals surface area contributed by atoms with Crippen molar-refractivity contribution in [3.63, 3.8) is 0 Å². The second-order valence-electron chi connectivity index (χ2n) is 3.12. The summed E-state index contributed by atoms with van der Waals surface area (Å²) in [6.07, 6.45) is 2.33. The lowest BCUT2D eigenvalue weighted by Crippen LogP contribution is -2.20. The van der Waals surface area contributed by atoms with Crippen LogP contribution in [0.1, 0.15) is 12.8 Å². The SMILES string of the molecule is COCC(=O)COCC1CCCO1. The molecular formula is C9H16O4. The number of hydrogen-bond acceptors (Lipinski definition) is 4. The molecule has 1 atom stereocenters. The first-order valence-corrected chi connectivity index (χ1v) is 4.53. The zero-order valence-electron chi connectivity index (χ0n) is 7.95. The normalized spacial score (nSPS) is 22.1. The first-order valence-electron chi connectivity index (χ1n) is 4.53. The van der Waals surface area contributed by atoms with Gasteiger partial charge in [0.05, 0.1) is 12.7 Å². The summed E-state index contributed by atoms with van der Waals surface area (Å²) in [7, 11) is 1.50. The number of carbonyl (C=O) groups is 1. The number of methoxy groups -OCH3 is 1. The summed E-state index contributed by atoms with van der Waals surface area (Å²) in [5.41, 5.74) is 0. The average molecular weight is 188 g/mol. The van der Waals surface area contributed by atoms with Crippen LogP contribution < -0.4 is 0 Å². The largest absolute Gasteiger partial charge is 0.377 e. The van der Waals surface area contributed by atoms with Crippen LogP contribution >= 0.6 is 0 Å². The van der Waals surface area contributed by atoms with Gasteiger partial charge in [0.15, 0.2) is 5.78 Å². The minimum atomic E-state index is -0.0273. The summed E-state index contributed by atoms with van der Waals surface area (Å²) < 4.78 is 15.2. The summed E-state index contributed by atoms with van der Waals surface area (Å²) in [4.78, 5) is 10.9. The molecule has 1 aliphatic heterocycles. The van der Waals surface area contributed by atoms with Crippen LogP contribution in [0.4, 0.5) is 0 Å². The van der Waals surface area contributed by atoms with E-state index < -0.39 is 0 Å². The van der Waals surface area contributed by atoms with Crippen molar-refractivity contribution in [3.05, 3.63) is 0 Å². The van der Waals surface area contributed by atoms with Gasteiger partial charge in [0, 0.05) is 13.7 Å². The second-order valence-corrected chi connectivity index (χ2v) is 3.12. The fourth-order valence-electron chi connectivity index (χ4n) is 1.28. The predicted molar refractivity (Wildman–Crippen MR) is 46.7 cm³/mol. The van der Waals surface area contributed by atoms with E-state index in [9.17, 15) is 4.79 Å². The van der Waals surface area contributed by atoms with Crippen LogP contribution in [0.5, 0.6) is 0 Å². The molecule has 0 radical (unpaired) electrons. The lowest BCUT2D eigenvalue weighted by molar-refractivity contribution is -0.128. The Kier molecular flexibility index (Phi) is 4.97. The van der Waals surface area contributed by atoms with Crippen molar-refractivity contribution in [2.24, 2.45) is 0 Å². The maximum Gasteiger partial charge on any atom is 0.183 e.